The SMILES string of the molecule is CCc1cc(Br)ccc1NC(=O)COC(=O)c1ccc(OC)cc1OC. The van der Waals surface area contributed by atoms with Gasteiger partial charge in [-0.05, 0) is 42.3 Å². The van der Waals surface area contributed by atoms with Gasteiger partial charge >= 0.3 is 5.97 Å². The van der Waals surface area contributed by atoms with Gasteiger partial charge in [-0.2, -0.15) is 0 Å². The zero-order valence-electron chi connectivity index (χ0n) is 14.8. The predicted octanol–water partition coefficient (Wildman–Crippen LogP) is 3.82. The average Bonchev–Trinajstić information content (AvgIpc) is 2.66. The highest BCUT2D eigenvalue weighted by Gasteiger charge is 2.16. The van der Waals surface area contributed by atoms with Crippen LogP contribution in [0, 0.1) is 0 Å². The maximum atomic E-state index is 12.2. The van der Waals surface area contributed by atoms with Gasteiger partial charge in [-0.25, -0.2) is 4.79 Å². The summed E-state index contributed by atoms with van der Waals surface area (Å²) in [6.07, 6.45) is 0.762. The van der Waals surface area contributed by atoms with Gasteiger partial charge in [0.15, 0.2) is 6.61 Å². The summed E-state index contributed by atoms with van der Waals surface area (Å²) in [5.41, 5.74) is 1.90. The number of methoxy groups -OCH3 is 2. The van der Waals surface area contributed by atoms with Crippen molar-refractivity contribution in [2.24, 2.45) is 0 Å². The summed E-state index contributed by atoms with van der Waals surface area (Å²) in [6, 6.07) is 10.3. The maximum Gasteiger partial charge on any atom is 0.342 e. The van der Waals surface area contributed by atoms with Gasteiger partial charge in [-0.3, -0.25) is 4.79 Å². The van der Waals surface area contributed by atoms with Crippen molar-refractivity contribution in [3.05, 3.63) is 52.0 Å². The van der Waals surface area contributed by atoms with Crippen LogP contribution in [0.1, 0.15) is 22.8 Å². The Hall–Kier alpha value is -2.54. The fraction of sp³-hybridized carbons (Fsp3) is 0.263. The third-order valence-corrected chi connectivity index (χ3v) is 4.18. The molecule has 1 N–H and O–H groups in total. The number of amides is 1. The zero-order chi connectivity index (χ0) is 19.1. The number of carbonyl (C=O) groups is 2. The van der Waals surface area contributed by atoms with E-state index in [0.29, 0.717) is 17.2 Å². The molecule has 26 heavy (non-hydrogen) atoms. The Morgan fingerprint density at radius 1 is 1.08 bits per heavy atom. The molecular formula is C19H20BrNO5. The molecule has 0 saturated carbocycles. The molecule has 6 nitrogen and oxygen atoms in total. The van der Waals surface area contributed by atoms with E-state index in [4.69, 9.17) is 14.2 Å². The van der Waals surface area contributed by atoms with E-state index in [0.717, 1.165) is 16.5 Å². The molecule has 138 valence electrons. The van der Waals surface area contributed by atoms with E-state index >= 15 is 0 Å². The van der Waals surface area contributed by atoms with Crippen molar-refractivity contribution in [2.75, 3.05) is 26.1 Å². The highest BCUT2D eigenvalue weighted by molar-refractivity contribution is 9.10. The number of aryl methyl sites for hydroxylation is 1. The van der Waals surface area contributed by atoms with Gasteiger partial charge in [-0.15, -0.1) is 0 Å². The second-order valence-electron chi connectivity index (χ2n) is 5.35. The zero-order valence-corrected chi connectivity index (χ0v) is 16.4. The lowest BCUT2D eigenvalue weighted by Crippen LogP contribution is -2.21. The first-order chi connectivity index (χ1) is 12.5. The number of halogens is 1. The van der Waals surface area contributed by atoms with Gasteiger partial charge in [0.2, 0.25) is 0 Å². The number of hydrogen-bond donors (Lipinski definition) is 1. The average molecular weight is 422 g/mol. The number of anilines is 1. The highest BCUT2D eigenvalue weighted by atomic mass is 79.9. The first kappa shape index (κ1) is 19.8. The van der Waals surface area contributed by atoms with E-state index < -0.39 is 18.5 Å². The van der Waals surface area contributed by atoms with Crippen LogP contribution in [0.2, 0.25) is 0 Å². The van der Waals surface area contributed by atoms with Crippen molar-refractivity contribution < 1.29 is 23.8 Å². The van der Waals surface area contributed by atoms with Crippen LogP contribution in [0.25, 0.3) is 0 Å². The lowest BCUT2D eigenvalue weighted by atomic mass is 10.1. The van der Waals surface area contributed by atoms with Crippen LogP contribution < -0.4 is 14.8 Å². The number of hydrogen-bond acceptors (Lipinski definition) is 5. The molecule has 0 atom stereocenters. The first-order valence-corrected chi connectivity index (χ1v) is 8.75. The van der Waals surface area contributed by atoms with Gasteiger partial charge in [0.05, 0.1) is 14.2 Å². The molecule has 0 fully saturated rings. The molecule has 0 unspecified atom stereocenters. The van der Waals surface area contributed by atoms with E-state index in [-0.39, 0.29) is 5.56 Å². The molecule has 0 bridgehead atoms. The normalized spacial score (nSPS) is 10.2. The molecule has 0 aromatic heterocycles. The highest BCUT2D eigenvalue weighted by Crippen LogP contribution is 2.25. The van der Waals surface area contributed by atoms with E-state index in [9.17, 15) is 9.59 Å². The number of ether oxygens (including phenoxy) is 3. The maximum absolute atomic E-state index is 12.2. The van der Waals surface area contributed by atoms with Crippen LogP contribution in [0.3, 0.4) is 0 Å². The van der Waals surface area contributed by atoms with Gasteiger partial charge in [0.25, 0.3) is 5.91 Å². The Labute approximate surface area is 160 Å². The second-order valence-corrected chi connectivity index (χ2v) is 6.26. The van der Waals surface area contributed by atoms with Crippen molar-refractivity contribution in [3.8, 4) is 11.5 Å². The van der Waals surface area contributed by atoms with Gasteiger partial charge in [0, 0.05) is 16.2 Å². The lowest BCUT2D eigenvalue weighted by molar-refractivity contribution is -0.119. The van der Waals surface area contributed by atoms with E-state index in [2.05, 4.69) is 21.2 Å². The first-order valence-electron chi connectivity index (χ1n) is 7.96. The number of rotatable bonds is 7. The fourth-order valence-corrected chi connectivity index (χ4v) is 2.75. The molecule has 0 radical (unpaired) electrons. The Bertz CT molecular complexity index is 807. The minimum atomic E-state index is -0.647. The third kappa shape index (κ3) is 4.98. The number of benzene rings is 2. The topological polar surface area (TPSA) is 73.9 Å². The van der Waals surface area contributed by atoms with E-state index in [1.165, 1.54) is 20.3 Å². The van der Waals surface area contributed by atoms with Crippen molar-refractivity contribution >= 4 is 33.5 Å². The molecule has 2 aromatic rings. The fourth-order valence-electron chi connectivity index (χ4n) is 2.34. The van der Waals surface area contributed by atoms with Gasteiger partial charge in [0.1, 0.15) is 17.1 Å². The molecule has 0 heterocycles. The Morgan fingerprint density at radius 3 is 2.50 bits per heavy atom. The molecule has 0 aliphatic heterocycles. The molecular weight excluding hydrogens is 402 g/mol. The minimum Gasteiger partial charge on any atom is -0.497 e. The van der Waals surface area contributed by atoms with Crippen LogP contribution in [0.5, 0.6) is 11.5 Å². The number of nitrogens with one attached hydrogen (secondary N) is 1. The summed E-state index contributed by atoms with van der Waals surface area (Å²) in [4.78, 5) is 24.3. The quantitative estimate of drug-likeness (QED) is 0.687. The molecule has 2 rings (SSSR count). The van der Waals surface area contributed by atoms with Crippen molar-refractivity contribution in [2.45, 2.75) is 13.3 Å². The lowest BCUT2D eigenvalue weighted by Gasteiger charge is -2.12. The van der Waals surface area contributed by atoms with Crippen LogP contribution in [0.15, 0.2) is 40.9 Å². The molecule has 1 amide bonds. The van der Waals surface area contributed by atoms with Crippen LogP contribution in [-0.2, 0) is 16.0 Å². The Kier molecular flexibility index (Phi) is 7.03. The molecule has 0 aliphatic carbocycles. The summed E-state index contributed by atoms with van der Waals surface area (Å²) in [5, 5.41) is 2.75. The van der Waals surface area contributed by atoms with Gasteiger partial charge < -0.3 is 19.5 Å². The number of carbonyl (C=O) groups excluding carboxylic acids is 2. The predicted molar refractivity (Wildman–Crippen MR) is 102 cm³/mol. The summed E-state index contributed by atoms with van der Waals surface area (Å²) >= 11 is 3.40. The minimum absolute atomic E-state index is 0.221. The number of esters is 1. The molecule has 2 aromatic carbocycles. The van der Waals surface area contributed by atoms with Crippen molar-refractivity contribution in [1.29, 1.82) is 0 Å². The van der Waals surface area contributed by atoms with Crippen molar-refractivity contribution in [3.63, 3.8) is 0 Å². The largest absolute Gasteiger partial charge is 0.497 e. The van der Waals surface area contributed by atoms with Gasteiger partial charge in [-0.1, -0.05) is 22.9 Å². The molecule has 0 saturated heterocycles. The smallest absolute Gasteiger partial charge is 0.342 e. The molecule has 0 aliphatic rings. The standard InChI is InChI=1S/C19H20BrNO5/c1-4-12-9-13(20)5-8-16(12)21-18(22)11-26-19(23)15-7-6-14(24-2)10-17(15)25-3/h5-10H,4,11H2,1-3H3,(H,21,22). The Balaban J connectivity index is 2.00. The van der Waals surface area contributed by atoms with Crippen LogP contribution in [0.4, 0.5) is 5.69 Å². The second kappa shape index (κ2) is 9.24. The Morgan fingerprint density at radius 2 is 1.85 bits per heavy atom. The monoisotopic (exact) mass is 421 g/mol. The van der Waals surface area contributed by atoms with Crippen LogP contribution in [-0.4, -0.2) is 32.7 Å². The van der Waals surface area contributed by atoms with Crippen molar-refractivity contribution in [1.82, 2.24) is 0 Å². The summed E-state index contributed by atoms with van der Waals surface area (Å²) in [5.74, 6) is -0.191. The molecule has 0 spiro atoms. The van der Waals surface area contributed by atoms with Crippen LogP contribution >= 0.6 is 15.9 Å². The summed E-state index contributed by atoms with van der Waals surface area (Å²) in [7, 11) is 2.96. The molecule has 7 heteroatoms. The van der Waals surface area contributed by atoms with E-state index in [1.54, 1.807) is 18.2 Å². The summed E-state index contributed by atoms with van der Waals surface area (Å²) in [6.45, 7) is 1.60. The summed E-state index contributed by atoms with van der Waals surface area (Å²) < 4.78 is 16.3. The van der Waals surface area contributed by atoms with E-state index in [1.807, 2.05) is 19.1 Å². The third-order valence-electron chi connectivity index (χ3n) is 3.69.